The molecule has 2 heterocycles. The Balaban J connectivity index is 2.15. The summed E-state index contributed by atoms with van der Waals surface area (Å²) >= 11 is 1.49. The van der Waals surface area contributed by atoms with Gasteiger partial charge in [-0.15, -0.1) is 11.3 Å². The standard InChI is InChI=1S/C14H14N2O4S/c1-8-5-15-14(21-8)16-9(6-17)7-20-12-10(13(18)19)3-2-4-11(12)16/h2-5,9,17H,6-7H2,1H3,(H,18,19). The highest BCUT2D eigenvalue weighted by Gasteiger charge is 2.32. The second-order valence-electron chi connectivity index (χ2n) is 4.73. The van der Waals surface area contributed by atoms with E-state index in [0.717, 1.165) is 10.0 Å². The minimum atomic E-state index is -1.04. The molecule has 110 valence electrons. The SMILES string of the molecule is Cc1cnc(N2c3cccc(C(=O)O)c3OCC2CO)s1. The van der Waals surface area contributed by atoms with Crippen LogP contribution in [-0.4, -0.2) is 40.4 Å². The molecule has 7 heteroatoms. The molecule has 1 aliphatic heterocycles. The summed E-state index contributed by atoms with van der Waals surface area (Å²) in [6.45, 7) is 2.06. The summed E-state index contributed by atoms with van der Waals surface area (Å²) < 4.78 is 5.57. The van der Waals surface area contributed by atoms with Gasteiger partial charge in [-0.2, -0.15) is 0 Å². The first-order valence-corrected chi connectivity index (χ1v) is 7.25. The number of aliphatic hydroxyl groups excluding tert-OH is 1. The minimum Gasteiger partial charge on any atom is -0.488 e. The molecule has 1 atom stereocenters. The smallest absolute Gasteiger partial charge is 0.339 e. The lowest BCUT2D eigenvalue weighted by molar-refractivity contribution is 0.0690. The summed E-state index contributed by atoms with van der Waals surface area (Å²) in [4.78, 5) is 18.5. The van der Waals surface area contributed by atoms with E-state index in [1.54, 1.807) is 18.3 Å². The molecule has 21 heavy (non-hydrogen) atoms. The number of aromatic nitrogens is 1. The molecule has 1 unspecified atom stereocenters. The van der Waals surface area contributed by atoms with Crippen LogP contribution >= 0.6 is 11.3 Å². The molecule has 6 nitrogen and oxygen atoms in total. The lowest BCUT2D eigenvalue weighted by Gasteiger charge is -2.36. The third kappa shape index (κ3) is 2.34. The second kappa shape index (κ2) is 5.34. The molecule has 0 spiro atoms. The molecular formula is C14H14N2O4S. The quantitative estimate of drug-likeness (QED) is 0.903. The van der Waals surface area contributed by atoms with Crippen molar-refractivity contribution < 1.29 is 19.7 Å². The van der Waals surface area contributed by atoms with Gasteiger partial charge in [0.1, 0.15) is 12.2 Å². The van der Waals surface area contributed by atoms with Crippen LogP contribution in [-0.2, 0) is 0 Å². The highest BCUT2D eigenvalue weighted by Crippen LogP contribution is 2.42. The molecule has 0 saturated heterocycles. The van der Waals surface area contributed by atoms with Crippen molar-refractivity contribution in [2.75, 3.05) is 18.1 Å². The number of fused-ring (bicyclic) bond motifs is 1. The Bertz CT molecular complexity index is 685. The van der Waals surface area contributed by atoms with E-state index in [-0.39, 0.29) is 24.8 Å². The van der Waals surface area contributed by atoms with Gasteiger partial charge in [-0.3, -0.25) is 0 Å². The molecule has 0 amide bonds. The lowest BCUT2D eigenvalue weighted by atomic mass is 10.1. The fourth-order valence-corrected chi connectivity index (χ4v) is 3.18. The number of aryl methyl sites for hydroxylation is 1. The van der Waals surface area contributed by atoms with Crippen molar-refractivity contribution in [3.8, 4) is 5.75 Å². The van der Waals surface area contributed by atoms with Crippen LogP contribution in [0.25, 0.3) is 0 Å². The van der Waals surface area contributed by atoms with Crippen molar-refractivity contribution in [1.82, 2.24) is 4.98 Å². The normalized spacial score (nSPS) is 17.2. The van der Waals surface area contributed by atoms with Gasteiger partial charge >= 0.3 is 5.97 Å². The van der Waals surface area contributed by atoms with E-state index < -0.39 is 5.97 Å². The molecule has 0 saturated carbocycles. The second-order valence-corrected chi connectivity index (χ2v) is 5.94. The van der Waals surface area contributed by atoms with Crippen LogP contribution in [0, 0.1) is 6.92 Å². The van der Waals surface area contributed by atoms with E-state index in [9.17, 15) is 15.0 Å². The number of nitrogens with zero attached hydrogens (tertiary/aromatic N) is 2. The molecule has 0 aliphatic carbocycles. The molecule has 1 aromatic carbocycles. The Morgan fingerprint density at radius 1 is 1.57 bits per heavy atom. The number of hydrogen-bond acceptors (Lipinski definition) is 6. The zero-order chi connectivity index (χ0) is 15.0. The zero-order valence-corrected chi connectivity index (χ0v) is 12.1. The van der Waals surface area contributed by atoms with Crippen molar-refractivity contribution in [2.45, 2.75) is 13.0 Å². The van der Waals surface area contributed by atoms with Crippen molar-refractivity contribution in [1.29, 1.82) is 0 Å². The van der Waals surface area contributed by atoms with Gasteiger partial charge in [0.15, 0.2) is 10.9 Å². The maximum Gasteiger partial charge on any atom is 0.339 e. The van der Waals surface area contributed by atoms with Gasteiger partial charge < -0.3 is 19.8 Å². The number of carbonyl (C=O) groups is 1. The number of para-hydroxylation sites is 1. The van der Waals surface area contributed by atoms with Gasteiger partial charge in [0.25, 0.3) is 0 Å². The maximum absolute atomic E-state index is 11.3. The van der Waals surface area contributed by atoms with Crippen LogP contribution in [0.1, 0.15) is 15.2 Å². The Morgan fingerprint density at radius 2 is 2.38 bits per heavy atom. The highest BCUT2D eigenvalue weighted by atomic mass is 32.1. The number of aliphatic hydroxyl groups is 1. The first-order valence-electron chi connectivity index (χ1n) is 6.43. The topological polar surface area (TPSA) is 82.9 Å². The molecule has 3 rings (SSSR count). The van der Waals surface area contributed by atoms with Crippen LogP contribution in [0.5, 0.6) is 5.75 Å². The monoisotopic (exact) mass is 306 g/mol. The van der Waals surface area contributed by atoms with E-state index in [4.69, 9.17) is 4.74 Å². The molecule has 0 radical (unpaired) electrons. The summed E-state index contributed by atoms with van der Waals surface area (Å²) in [5.74, 6) is -0.716. The van der Waals surface area contributed by atoms with E-state index in [0.29, 0.717) is 11.4 Å². The van der Waals surface area contributed by atoms with Crippen molar-refractivity contribution in [3.63, 3.8) is 0 Å². The van der Waals surface area contributed by atoms with Crippen LogP contribution in [0.15, 0.2) is 24.4 Å². The van der Waals surface area contributed by atoms with Gasteiger partial charge in [0.2, 0.25) is 0 Å². The number of aromatic carboxylic acids is 1. The molecule has 0 fully saturated rings. The fraction of sp³-hybridized carbons (Fsp3) is 0.286. The number of benzene rings is 1. The number of carboxylic acids is 1. The first kappa shape index (κ1) is 13.8. The Labute approximate surface area is 125 Å². The molecular weight excluding hydrogens is 292 g/mol. The van der Waals surface area contributed by atoms with E-state index >= 15 is 0 Å². The summed E-state index contributed by atoms with van der Waals surface area (Å²) in [6, 6.07) is 4.66. The summed E-state index contributed by atoms with van der Waals surface area (Å²) in [5.41, 5.74) is 0.733. The van der Waals surface area contributed by atoms with Gasteiger partial charge in [0.05, 0.1) is 18.3 Å². The lowest BCUT2D eigenvalue weighted by Crippen LogP contribution is -2.42. The predicted octanol–water partition coefficient (Wildman–Crippen LogP) is 2.04. The molecule has 2 aromatic rings. The van der Waals surface area contributed by atoms with Gasteiger partial charge in [0, 0.05) is 11.1 Å². The number of ether oxygens (including phenoxy) is 1. The van der Waals surface area contributed by atoms with E-state index in [1.807, 2.05) is 11.8 Å². The number of rotatable bonds is 3. The van der Waals surface area contributed by atoms with E-state index in [1.165, 1.54) is 17.4 Å². The highest BCUT2D eigenvalue weighted by molar-refractivity contribution is 7.15. The number of hydrogen-bond donors (Lipinski definition) is 2. The van der Waals surface area contributed by atoms with Crippen LogP contribution < -0.4 is 9.64 Å². The average Bonchev–Trinajstić information content (AvgIpc) is 2.91. The summed E-state index contributed by atoms with van der Waals surface area (Å²) in [7, 11) is 0. The minimum absolute atomic E-state index is 0.102. The molecule has 1 aromatic heterocycles. The molecule has 1 aliphatic rings. The zero-order valence-electron chi connectivity index (χ0n) is 11.3. The van der Waals surface area contributed by atoms with Crippen LogP contribution in [0.2, 0.25) is 0 Å². The third-order valence-corrected chi connectivity index (χ3v) is 4.21. The summed E-state index contributed by atoms with van der Waals surface area (Å²) in [5, 5.41) is 19.6. The van der Waals surface area contributed by atoms with Crippen molar-refractivity contribution in [3.05, 3.63) is 34.8 Å². The van der Waals surface area contributed by atoms with Crippen LogP contribution in [0.4, 0.5) is 10.8 Å². The van der Waals surface area contributed by atoms with Crippen LogP contribution in [0.3, 0.4) is 0 Å². The Morgan fingerprint density at radius 3 is 3.00 bits per heavy atom. The number of thiazole rings is 1. The number of carboxylic acid groups (broad SMARTS) is 1. The van der Waals surface area contributed by atoms with Crippen molar-refractivity contribution >= 4 is 28.1 Å². The fourth-order valence-electron chi connectivity index (χ4n) is 2.33. The molecule has 2 N–H and O–H groups in total. The average molecular weight is 306 g/mol. The van der Waals surface area contributed by atoms with Gasteiger partial charge in [-0.25, -0.2) is 9.78 Å². The first-order chi connectivity index (χ1) is 10.1. The van der Waals surface area contributed by atoms with Gasteiger partial charge in [-0.1, -0.05) is 6.07 Å². The van der Waals surface area contributed by atoms with Gasteiger partial charge in [-0.05, 0) is 19.1 Å². The summed E-state index contributed by atoms with van der Waals surface area (Å²) in [6.07, 6.45) is 1.75. The maximum atomic E-state index is 11.3. The third-order valence-electron chi connectivity index (χ3n) is 3.30. The van der Waals surface area contributed by atoms with Crippen molar-refractivity contribution in [2.24, 2.45) is 0 Å². The Hall–Kier alpha value is -2.12. The predicted molar refractivity (Wildman–Crippen MR) is 78.8 cm³/mol. The van der Waals surface area contributed by atoms with E-state index in [2.05, 4.69) is 4.98 Å². The number of anilines is 2. The largest absolute Gasteiger partial charge is 0.488 e. The Kier molecular flexibility index (Phi) is 3.52. The molecule has 0 bridgehead atoms.